The van der Waals surface area contributed by atoms with E-state index in [1.807, 2.05) is 0 Å². The van der Waals surface area contributed by atoms with Gasteiger partial charge in [-0.15, -0.1) is 0 Å². The Balaban J connectivity index is 1.87. The van der Waals surface area contributed by atoms with Crippen molar-refractivity contribution in [2.75, 3.05) is 13.7 Å². The Kier molecular flexibility index (Phi) is 4.98. The number of nitrogens with zero attached hydrogens (tertiary/aromatic N) is 1. The molecule has 0 unspecified atom stereocenters. The highest BCUT2D eigenvalue weighted by atomic mass is 16.6. The molecule has 0 aliphatic carbocycles. The molecule has 0 bridgehead atoms. The van der Waals surface area contributed by atoms with Gasteiger partial charge in [-0.25, -0.2) is 9.79 Å². The van der Waals surface area contributed by atoms with Gasteiger partial charge in [-0.3, -0.25) is 0 Å². The molecule has 2 aromatic rings. The third-order valence-electron chi connectivity index (χ3n) is 3.51. The van der Waals surface area contributed by atoms with E-state index in [0.717, 1.165) is 0 Å². The van der Waals surface area contributed by atoms with Crippen LogP contribution in [0.15, 0.2) is 59.2 Å². The number of methoxy groups -OCH3 is 1. The number of benzene rings is 2. The molecule has 26 heavy (non-hydrogen) atoms. The summed E-state index contributed by atoms with van der Waals surface area (Å²) in [7, 11) is 1.56. The second-order valence-electron chi connectivity index (χ2n) is 5.26. The molecule has 0 amide bonds. The standard InChI is InChI=1S/C19H15NO6/c1-24-14-8-6-12(7-9-14)18-20-15(19(23)26-18)10-13-4-2-3-5-16(13)25-11-17(21)22/h2-10H,11H2,1H3,(H,21,22)/p-1/b15-10-. The molecule has 7 nitrogen and oxygen atoms in total. The minimum absolute atomic E-state index is 0.0836. The monoisotopic (exact) mass is 352 g/mol. The highest BCUT2D eigenvalue weighted by Gasteiger charge is 2.24. The number of para-hydroxylation sites is 1. The number of hydrogen-bond acceptors (Lipinski definition) is 7. The number of carbonyl (C=O) groups is 2. The fourth-order valence-corrected chi connectivity index (χ4v) is 2.28. The lowest BCUT2D eigenvalue weighted by Gasteiger charge is -2.09. The molecule has 1 aliphatic rings. The lowest BCUT2D eigenvalue weighted by molar-refractivity contribution is -0.307. The van der Waals surface area contributed by atoms with E-state index in [9.17, 15) is 14.7 Å². The number of aliphatic imine (C=N–C) groups is 1. The Labute approximate surface area is 149 Å². The van der Waals surface area contributed by atoms with Gasteiger partial charge in [0.25, 0.3) is 0 Å². The number of rotatable bonds is 6. The van der Waals surface area contributed by atoms with Crippen LogP contribution >= 0.6 is 0 Å². The maximum atomic E-state index is 12.1. The summed E-state index contributed by atoms with van der Waals surface area (Å²) in [4.78, 5) is 26.9. The van der Waals surface area contributed by atoms with Crippen molar-refractivity contribution in [3.63, 3.8) is 0 Å². The second kappa shape index (κ2) is 7.52. The van der Waals surface area contributed by atoms with Crippen LogP contribution < -0.4 is 14.6 Å². The van der Waals surface area contributed by atoms with Crippen LogP contribution in [0.3, 0.4) is 0 Å². The lowest BCUT2D eigenvalue weighted by Crippen LogP contribution is -2.29. The van der Waals surface area contributed by atoms with E-state index in [1.54, 1.807) is 55.6 Å². The second-order valence-corrected chi connectivity index (χ2v) is 5.26. The predicted molar refractivity (Wildman–Crippen MR) is 90.5 cm³/mol. The van der Waals surface area contributed by atoms with Crippen molar-refractivity contribution in [1.29, 1.82) is 0 Å². The maximum absolute atomic E-state index is 12.1. The first-order chi connectivity index (χ1) is 12.6. The summed E-state index contributed by atoms with van der Waals surface area (Å²) in [5.41, 5.74) is 1.21. The molecular weight excluding hydrogens is 338 g/mol. The molecule has 7 heteroatoms. The molecule has 0 N–H and O–H groups in total. The van der Waals surface area contributed by atoms with Gasteiger partial charge in [0, 0.05) is 11.1 Å². The number of carboxylic acids is 1. The number of cyclic esters (lactones) is 1. The SMILES string of the molecule is COc1ccc(C2=N/C(=C\c3ccccc3OCC(=O)[O-])C(=O)O2)cc1. The summed E-state index contributed by atoms with van der Waals surface area (Å²) < 4.78 is 15.4. The zero-order valence-corrected chi connectivity index (χ0v) is 13.8. The summed E-state index contributed by atoms with van der Waals surface area (Å²) in [6.45, 7) is -0.592. The van der Waals surface area contributed by atoms with Crippen LogP contribution in [0.2, 0.25) is 0 Å². The van der Waals surface area contributed by atoms with Gasteiger partial charge in [0.05, 0.1) is 13.1 Å². The molecule has 0 fully saturated rings. The first kappa shape index (κ1) is 17.2. The van der Waals surface area contributed by atoms with E-state index in [-0.39, 0.29) is 11.6 Å². The molecule has 2 aromatic carbocycles. The summed E-state index contributed by atoms with van der Waals surface area (Å²) in [5, 5.41) is 10.6. The first-order valence-corrected chi connectivity index (χ1v) is 7.65. The topological polar surface area (TPSA) is 97.3 Å². The Morgan fingerprint density at radius 2 is 1.92 bits per heavy atom. The van der Waals surface area contributed by atoms with Crippen molar-refractivity contribution < 1.29 is 28.9 Å². The highest BCUT2D eigenvalue weighted by Crippen LogP contribution is 2.25. The van der Waals surface area contributed by atoms with E-state index >= 15 is 0 Å². The quantitative estimate of drug-likeness (QED) is 0.572. The molecule has 0 radical (unpaired) electrons. The van der Waals surface area contributed by atoms with Crippen LogP contribution in [0.4, 0.5) is 0 Å². The maximum Gasteiger partial charge on any atom is 0.363 e. The largest absolute Gasteiger partial charge is 0.546 e. The Bertz CT molecular complexity index is 899. The van der Waals surface area contributed by atoms with Crippen molar-refractivity contribution in [2.45, 2.75) is 0 Å². The highest BCUT2D eigenvalue weighted by molar-refractivity contribution is 6.13. The average molecular weight is 352 g/mol. The van der Waals surface area contributed by atoms with Crippen molar-refractivity contribution in [3.8, 4) is 11.5 Å². The fraction of sp³-hybridized carbons (Fsp3) is 0.105. The molecule has 132 valence electrons. The van der Waals surface area contributed by atoms with Gasteiger partial charge < -0.3 is 24.1 Å². The molecule has 0 atom stereocenters. The molecular formula is C19H14NO6-. The Morgan fingerprint density at radius 1 is 1.19 bits per heavy atom. The normalized spacial score (nSPS) is 14.7. The van der Waals surface area contributed by atoms with Crippen LogP contribution in [-0.4, -0.2) is 31.6 Å². The smallest absolute Gasteiger partial charge is 0.363 e. The summed E-state index contributed by atoms with van der Waals surface area (Å²) in [6, 6.07) is 13.6. The average Bonchev–Trinajstić information content (AvgIpc) is 3.01. The predicted octanol–water partition coefficient (Wildman–Crippen LogP) is 1.17. The number of esters is 1. The van der Waals surface area contributed by atoms with Crippen LogP contribution in [0.1, 0.15) is 11.1 Å². The van der Waals surface area contributed by atoms with E-state index in [1.165, 1.54) is 6.08 Å². The summed E-state index contributed by atoms with van der Waals surface area (Å²) in [5.74, 6) is -0.798. The van der Waals surface area contributed by atoms with Gasteiger partial charge in [0.15, 0.2) is 5.70 Å². The molecule has 0 saturated heterocycles. The lowest BCUT2D eigenvalue weighted by atomic mass is 10.1. The van der Waals surface area contributed by atoms with Crippen LogP contribution in [0.5, 0.6) is 11.5 Å². The zero-order chi connectivity index (χ0) is 18.5. The Hall–Kier alpha value is -3.61. The fourth-order valence-electron chi connectivity index (χ4n) is 2.28. The van der Waals surface area contributed by atoms with Crippen molar-refractivity contribution in [3.05, 3.63) is 65.4 Å². The minimum atomic E-state index is -1.34. The summed E-state index contributed by atoms with van der Waals surface area (Å²) >= 11 is 0. The number of aliphatic carboxylic acids is 1. The third kappa shape index (κ3) is 3.89. The molecule has 0 spiro atoms. The van der Waals surface area contributed by atoms with Crippen molar-refractivity contribution >= 4 is 23.9 Å². The molecule has 1 heterocycles. The number of hydrogen-bond donors (Lipinski definition) is 0. The third-order valence-corrected chi connectivity index (χ3v) is 3.51. The van der Waals surface area contributed by atoms with Crippen molar-refractivity contribution in [1.82, 2.24) is 0 Å². The number of carboxylic acid groups (broad SMARTS) is 1. The molecule has 0 aromatic heterocycles. The van der Waals surface area contributed by atoms with Crippen LogP contribution in [0.25, 0.3) is 6.08 Å². The van der Waals surface area contributed by atoms with E-state index in [2.05, 4.69) is 4.99 Å². The number of ether oxygens (including phenoxy) is 3. The van der Waals surface area contributed by atoms with Gasteiger partial charge in [0.2, 0.25) is 5.90 Å². The molecule has 3 rings (SSSR count). The first-order valence-electron chi connectivity index (χ1n) is 7.65. The van der Waals surface area contributed by atoms with Gasteiger partial charge in [-0.2, -0.15) is 0 Å². The van der Waals surface area contributed by atoms with E-state index in [4.69, 9.17) is 14.2 Å². The number of carbonyl (C=O) groups excluding carboxylic acids is 2. The Morgan fingerprint density at radius 3 is 2.62 bits per heavy atom. The summed E-state index contributed by atoms with van der Waals surface area (Å²) in [6.07, 6.45) is 1.48. The molecule has 1 aliphatic heterocycles. The zero-order valence-electron chi connectivity index (χ0n) is 13.8. The van der Waals surface area contributed by atoms with E-state index in [0.29, 0.717) is 22.6 Å². The van der Waals surface area contributed by atoms with Gasteiger partial charge >= 0.3 is 5.97 Å². The van der Waals surface area contributed by atoms with Crippen molar-refractivity contribution in [2.24, 2.45) is 4.99 Å². The van der Waals surface area contributed by atoms with Gasteiger partial charge in [-0.05, 0) is 36.4 Å². The van der Waals surface area contributed by atoms with Gasteiger partial charge in [0.1, 0.15) is 18.1 Å². The van der Waals surface area contributed by atoms with Gasteiger partial charge in [-0.1, -0.05) is 18.2 Å². The van der Waals surface area contributed by atoms with E-state index < -0.39 is 18.5 Å². The molecule has 0 saturated carbocycles. The van der Waals surface area contributed by atoms with Crippen LogP contribution in [0, 0.1) is 0 Å². The minimum Gasteiger partial charge on any atom is -0.546 e. The van der Waals surface area contributed by atoms with Crippen LogP contribution in [-0.2, 0) is 14.3 Å².